The summed E-state index contributed by atoms with van der Waals surface area (Å²) >= 11 is 0. The highest BCUT2D eigenvalue weighted by Gasteiger charge is 2.29. The fourth-order valence-electron chi connectivity index (χ4n) is 2.79. The number of rotatable bonds is 2. The number of hydrogen-bond donors (Lipinski definition) is 1. The zero-order valence-corrected chi connectivity index (χ0v) is 12.0. The molecule has 2 aromatic carbocycles. The Morgan fingerprint density at radius 2 is 1.95 bits per heavy atom. The van der Waals surface area contributed by atoms with Crippen LogP contribution in [0.4, 0.5) is 8.78 Å². The van der Waals surface area contributed by atoms with Crippen molar-refractivity contribution in [3.63, 3.8) is 0 Å². The zero-order chi connectivity index (χ0) is 15.0. The van der Waals surface area contributed by atoms with Crippen molar-refractivity contribution in [1.29, 1.82) is 0 Å². The van der Waals surface area contributed by atoms with E-state index in [1.54, 1.807) is 25.1 Å². The van der Waals surface area contributed by atoms with Gasteiger partial charge in [0.15, 0.2) is 0 Å². The van der Waals surface area contributed by atoms with Gasteiger partial charge in [0.25, 0.3) is 0 Å². The molecule has 2 unspecified atom stereocenters. The summed E-state index contributed by atoms with van der Waals surface area (Å²) in [6.45, 7) is 1.74. The third-order valence-corrected chi connectivity index (χ3v) is 3.97. The van der Waals surface area contributed by atoms with Crippen molar-refractivity contribution in [2.24, 2.45) is 0 Å². The lowest BCUT2D eigenvalue weighted by molar-refractivity contribution is 0.153. The van der Waals surface area contributed by atoms with Gasteiger partial charge in [0.2, 0.25) is 0 Å². The van der Waals surface area contributed by atoms with Crippen molar-refractivity contribution < 1.29 is 13.5 Å². The summed E-state index contributed by atoms with van der Waals surface area (Å²) in [4.78, 5) is 0. The average Bonchev–Trinajstić information content (AvgIpc) is 2.49. The first kappa shape index (κ1) is 14.0. The van der Waals surface area contributed by atoms with Crippen LogP contribution in [0.2, 0.25) is 0 Å². The number of ether oxygens (including phenoxy) is 1. The standard InChI is InChI=1S/C17H17F2NO/c1-10-7-11(3-5-14(10)19)17-9-15(20-2)13-8-12(18)4-6-16(13)21-17/h3-8,15,17,20H,9H2,1-2H3. The van der Waals surface area contributed by atoms with Gasteiger partial charge >= 0.3 is 0 Å². The number of benzene rings is 2. The first-order valence-electron chi connectivity index (χ1n) is 6.98. The summed E-state index contributed by atoms with van der Waals surface area (Å²) in [7, 11) is 1.84. The van der Waals surface area contributed by atoms with E-state index < -0.39 is 0 Å². The molecule has 0 amide bonds. The van der Waals surface area contributed by atoms with E-state index in [2.05, 4.69) is 5.32 Å². The monoisotopic (exact) mass is 289 g/mol. The predicted molar refractivity (Wildman–Crippen MR) is 77.3 cm³/mol. The molecule has 2 aromatic rings. The molecule has 0 aromatic heterocycles. The Bertz CT molecular complexity index is 672. The molecule has 1 aliphatic heterocycles. The number of aryl methyl sites for hydroxylation is 1. The molecule has 0 radical (unpaired) electrons. The van der Waals surface area contributed by atoms with Gasteiger partial charge in [-0.15, -0.1) is 0 Å². The Kier molecular flexibility index (Phi) is 3.64. The highest BCUT2D eigenvalue weighted by atomic mass is 19.1. The van der Waals surface area contributed by atoms with Gasteiger partial charge in [-0.25, -0.2) is 8.78 Å². The largest absolute Gasteiger partial charge is 0.485 e. The van der Waals surface area contributed by atoms with Crippen LogP contribution in [0.5, 0.6) is 5.75 Å². The zero-order valence-electron chi connectivity index (χ0n) is 12.0. The van der Waals surface area contributed by atoms with Gasteiger partial charge in [-0.3, -0.25) is 0 Å². The first-order chi connectivity index (χ1) is 10.1. The van der Waals surface area contributed by atoms with Gasteiger partial charge in [-0.05, 0) is 55.4 Å². The second kappa shape index (κ2) is 5.45. The van der Waals surface area contributed by atoms with Crippen LogP contribution >= 0.6 is 0 Å². The van der Waals surface area contributed by atoms with Crippen LogP contribution in [0.1, 0.15) is 35.3 Å². The van der Waals surface area contributed by atoms with Crippen LogP contribution in [0.15, 0.2) is 36.4 Å². The Morgan fingerprint density at radius 1 is 1.14 bits per heavy atom. The molecule has 0 saturated heterocycles. The van der Waals surface area contributed by atoms with E-state index in [-0.39, 0.29) is 23.8 Å². The highest BCUT2D eigenvalue weighted by molar-refractivity contribution is 5.40. The summed E-state index contributed by atoms with van der Waals surface area (Å²) in [5, 5.41) is 3.19. The van der Waals surface area contributed by atoms with Crippen LogP contribution in [-0.4, -0.2) is 7.05 Å². The molecular weight excluding hydrogens is 272 g/mol. The van der Waals surface area contributed by atoms with Crippen LogP contribution in [0, 0.1) is 18.6 Å². The van der Waals surface area contributed by atoms with Gasteiger partial charge in [-0.1, -0.05) is 6.07 Å². The molecular formula is C17H17F2NO. The van der Waals surface area contributed by atoms with E-state index in [0.717, 1.165) is 11.1 Å². The van der Waals surface area contributed by atoms with E-state index in [9.17, 15) is 8.78 Å². The summed E-state index contributed by atoms with van der Waals surface area (Å²) in [5.41, 5.74) is 2.36. The number of nitrogens with one attached hydrogen (secondary N) is 1. The lowest BCUT2D eigenvalue weighted by Gasteiger charge is -2.32. The Labute approximate surface area is 122 Å². The van der Waals surface area contributed by atoms with Crippen LogP contribution < -0.4 is 10.1 Å². The third kappa shape index (κ3) is 2.63. The number of fused-ring (bicyclic) bond motifs is 1. The van der Waals surface area contributed by atoms with Gasteiger partial charge in [0.1, 0.15) is 23.5 Å². The smallest absolute Gasteiger partial charge is 0.126 e. The Hall–Kier alpha value is -1.94. The fraction of sp³-hybridized carbons (Fsp3) is 0.294. The maximum Gasteiger partial charge on any atom is 0.126 e. The fourth-order valence-corrected chi connectivity index (χ4v) is 2.79. The molecule has 2 atom stereocenters. The molecule has 1 aliphatic rings. The van der Waals surface area contributed by atoms with E-state index in [1.165, 1.54) is 18.2 Å². The third-order valence-electron chi connectivity index (χ3n) is 3.97. The van der Waals surface area contributed by atoms with Crippen molar-refractivity contribution in [1.82, 2.24) is 5.32 Å². The lowest BCUT2D eigenvalue weighted by Crippen LogP contribution is -2.27. The molecule has 110 valence electrons. The summed E-state index contributed by atoms with van der Waals surface area (Å²) in [6, 6.07) is 9.57. The van der Waals surface area contributed by atoms with Crippen LogP contribution in [0.3, 0.4) is 0 Å². The van der Waals surface area contributed by atoms with E-state index >= 15 is 0 Å². The van der Waals surface area contributed by atoms with Crippen molar-refractivity contribution >= 4 is 0 Å². The molecule has 0 bridgehead atoms. The first-order valence-corrected chi connectivity index (χ1v) is 6.98. The minimum Gasteiger partial charge on any atom is -0.485 e. The average molecular weight is 289 g/mol. The number of halogens is 2. The summed E-state index contributed by atoms with van der Waals surface area (Å²) in [6.07, 6.45) is 0.512. The summed E-state index contributed by atoms with van der Waals surface area (Å²) in [5.74, 6) is 0.185. The van der Waals surface area contributed by atoms with Crippen molar-refractivity contribution in [3.05, 3.63) is 64.7 Å². The summed E-state index contributed by atoms with van der Waals surface area (Å²) < 4.78 is 32.8. The molecule has 2 nitrogen and oxygen atoms in total. The second-order valence-electron chi connectivity index (χ2n) is 5.37. The molecule has 0 aliphatic carbocycles. The molecule has 21 heavy (non-hydrogen) atoms. The molecule has 1 heterocycles. The minimum atomic E-state index is -0.270. The van der Waals surface area contributed by atoms with Crippen molar-refractivity contribution in [2.75, 3.05) is 7.05 Å². The van der Waals surface area contributed by atoms with E-state index in [4.69, 9.17) is 4.74 Å². The normalized spacial score (nSPS) is 20.8. The highest BCUT2D eigenvalue weighted by Crippen LogP contribution is 2.41. The minimum absolute atomic E-state index is 0.0137. The molecule has 1 N–H and O–H groups in total. The Morgan fingerprint density at radius 3 is 2.67 bits per heavy atom. The Balaban J connectivity index is 1.96. The lowest BCUT2D eigenvalue weighted by atomic mass is 9.92. The molecule has 0 saturated carbocycles. The van der Waals surface area contributed by atoms with Crippen LogP contribution in [-0.2, 0) is 0 Å². The molecule has 0 fully saturated rings. The SMILES string of the molecule is CNC1CC(c2ccc(F)c(C)c2)Oc2ccc(F)cc21. The van der Waals surface area contributed by atoms with Crippen LogP contribution in [0.25, 0.3) is 0 Å². The van der Waals surface area contributed by atoms with Gasteiger partial charge in [0.05, 0.1) is 0 Å². The van der Waals surface area contributed by atoms with E-state index in [1.807, 2.05) is 7.05 Å². The quantitative estimate of drug-likeness (QED) is 0.900. The van der Waals surface area contributed by atoms with Crippen molar-refractivity contribution in [3.8, 4) is 5.75 Å². The van der Waals surface area contributed by atoms with Gasteiger partial charge < -0.3 is 10.1 Å². The van der Waals surface area contributed by atoms with Gasteiger partial charge in [0, 0.05) is 18.0 Å². The molecule has 4 heteroatoms. The molecule has 0 spiro atoms. The molecule has 3 rings (SSSR count). The maximum atomic E-state index is 13.4. The topological polar surface area (TPSA) is 21.3 Å². The van der Waals surface area contributed by atoms with Gasteiger partial charge in [-0.2, -0.15) is 0 Å². The van der Waals surface area contributed by atoms with E-state index in [0.29, 0.717) is 17.7 Å². The van der Waals surface area contributed by atoms with Crippen molar-refractivity contribution in [2.45, 2.75) is 25.5 Å². The second-order valence-corrected chi connectivity index (χ2v) is 5.37. The maximum absolute atomic E-state index is 13.4. The number of hydrogen-bond acceptors (Lipinski definition) is 2. The predicted octanol–water partition coefficient (Wildman–Crippen LogP) is 4.06.